The third kappa shape index (κ3) is 2.92. The lowest BCUT2D eigenvalue weighted by Crippen LogP contribution is -2.23. The van der Waals surface area contributed by atoms with Gasteiger partial charge < -0.3 is 10.1 Å². The number of nitro benzene ring substituents is 1. The molecule has 9 heteroatoms. The molecule has 1 fully saturated rings. The van der Waals surface area contributed by atoms with E-state index in [1.54, 1.807) is 0 Å². The van der Waals surface area contributed by atoms with Crippen LogP contribution in [0.2, 0.25) is 0 Å². The summed E-state index contributed by atoms with van der Waals surface area (Å²) >= 11 is 0. The van der Waals surface area contributed by atoms with E-state index in [4.69, 9.17) is 4.74 Å². The molecule has 0 aliphatic heterocycles. The van der Waals surface area contributed by atoms with Crippen LogP contribution < -0.4 is 5.32 Å². The van der Waals surface area contributed by atoms with Crippen molar-refractivity contribution in [2.75, 3.05) is 11.9 Å². The van der Waals surface area contributed by atoms with Crippen LogP contribution in [0.1, 0.15) is 19.3 Å². The van der Waals surface area contributed by atoms with Gasteiger partial charge in [-0.2, -0.15) is 0 Å². The minimum absolute atomic E-state index is 0.00618. The Hall–Kier alpha value is -2.97. The van der Waals surface area contributed by atoms with Gasteiger partial charge in [0.2, 0.25) is 5.52 Å². The van der Waals surface area contributed by atoms with Gasteiger partial charge in [-0.25, -0.2) is 4.63 Å². The Bertz CT molecular complexity index is 861. The average molecular weight is 344 g/mol. The van der Waals surface area contributed by atoms with E-state index in [0.717, 1.165) is 12.8 Å². The molecule has 2 aliphatic carbocycles. The molecular formula is C16H16N4O5. The third-order valence-corrected chi connectivity index (χ3v) is 4.74. The molecule has 2 aromatic rings. The number of nitro groups is 1. The van der Waals surface area contributed by atoms with Crippen molar-refractivity contribution >= 4 is 28.4 Å². The summed E-state index contributed by atoms with van der Waals surface area (Å²) in [5, 5.41) is 21.2. The van der Waals surface area contributed by atoms with Crippen LogP contribution in [0.4, 0.5) is 11.4 Å². The maximum Gasteiger partial charge on any atom is 0.307 e. The first-order chi connectivity index (χ1) is 12.1. The molecule has 1 N–H and O–H groups in total. The summed E-state index contributed by atoms with van der Waals surface area (Å²) in [6.07, 6.45) is 6.51. The zero-order valence-electron chi connectivity index (χ0n) is 13.3. The van der Waals surface area contributed by atoms with Gasteiger partial charge >= 0.3 is 11.7 Å². The van der Waals surface area contributed by atoms with Crippen molar-refractivity contribution in [3.8, 4) is 0 Å². The van der Waals surface area contributed by atoms with Gasteiger partial charge in [-0.15, -0.1) is 0 Å². The largest absolute Gasteiger partial charge is 0.462 e. The smallest absolute Gasteiger partial charge is 0.307 e. The van der Waals surface area contributed by atoms with E-state index in [2.05, 4.69) is 32.4 Å². The fourth-order valence-corrected chi connectivity index (χ4v) is 3.54. The standard InChI is InChI=1S/C16H16N4O5/c21-14(24-13-8-9-1-2-10(13)7-9)5-6-17-11-3-4-12(20(22)23)16-15(11)18-25-19-16/h1-4,9-10,13,17H,5-8H2. The number of nitrogens with one attached hydrogen (secondary N) is 1. The molecule has 1 aromatic carbocycles. The quantitative estimate of drug-likeness (QED) is 0.367. The molecule has 2 bridgehead atoms. The van der Waals surface area contributed by atoms with Crippen LogP contribution in [0.3, 0.4) is 0 Å². The van der Waals surface area contributed by atoms with Crippen LogP contribution >= 0.6 is 0 Å². The van der Waals surface area contributed by atoms with Crippen molar-refractivity contribution < 1.29 is 19.1 Å². The SMILES string of the molecule is O=C(CCNc1ccc([N+](=O)[O-])c2nonc12)OC1CC2C=CC1C2. The Labute approximate surface area is 142 Å². The minimum atomic E-state index is -0.544. The number of anilines is 1. The van der Waals surface area contributed by atoms with E-state index in [9.17, 15) is 14.9 Å². The van der Waals surface area contributed by atoms with Crippen molar-refractivity contribution in [1.82, 2.24) is 10.3 Å². The fourth-order valence-electron chi connectivity index (χ4n) is 3.54. The van der Waals surface area contributed by atoms with Crippen LogP contribution in [0.25, 0.3) is 11.0 Å². The van der Waals surface area contributed by atoms with E-state index in [1.807, 2.05) is 0 Å². The van der Waals surface area contributed by atoms with Gasteiger partial charge in [0, 0.05) is 18.5 Å². The van der Waals surface area contributed by atoms with Gasteiger partial charge in [0.15, 0.2) is 5.52 Å². The zero-order chi connectivity index (χ0) is 17.4. The first-order valence-electron chi connectivity index (χ1n) is 8.13. The number of ether oxygens (including phenoxy) is 1. The number of hydrogen-bond acceptors (Lipinski definition) is 8. The normalized spacial score (nSPS) is 23.9. The summed E-state index contributed by atoms with van der Waals surface area (Å²) in [6, 6.07) is 2.85. The molecule has 0 saturated heterocycles. The topological polar surface area (TPSA) is 120 Å². The second-order valence-electron chi connectivity index (χ2n) is 6.34. The number of fused-ring (bicyclic) bond motifs is 3. The highest BCUT2D eigenvalue weighted by Crippen LogP contribution is 2.40. The average Bonchev–Trinajstić information content (AvgIpc) is 3.30. The van der Waals surface area contributed by atoms with E-state index in [-0.39, 0.29) is 35.2 Å². The van der Waals surface area contributed by atoms with E-state index in [1.165, 1.54) is 12.1 Å². The summed E-state index contributed by atoms with van der Waals surface area (Å²) in [4.78, 5) is 22.4. The lowest BCUT2D eigenvalue weighted by Gasteiger charge is -2.18. The monoisotopic (exact) mass is 344 g/mol. The summed E-state index contributed by atoms with van der Waals surface area (Å²) in [7, 11) is 0. The third-order valence-electron chi connectivity index (χ3n) is 4.74. The number of rotatable bonds is 6. The van der Waals surface area contributed by atoms with E-state index >= 15 is 0 Å². The Kier molecular flexibility index (Phi) is 3.83. The maximum atomic E-state index is 12.0. The van der Waals surface area contributed by atoms with Gasteiger partial charge in [0.1, 0.15) is 6.10 Å². The van der Waals surface area contributed by atoms with Crippen LogP contribution in [-0.2, 0) is 9.53 Å². The maximum absolute atomic E-state index is 12.0. The van der Waals surface area contributed by atoms with Crippen molar-refractivity contribution in [3.05, 3.63) is 34.4 Å². The second kappa shape index (κ2) is 6.15. The van der Waals surface area contributed by atoms with Gasteiger partial charge in [0.05, 0.1) is 17.0 Å². The van der Waals surface area contributed by atoms with Crippen molar-refractivity contribution in [3.63, 3.8) is 0 Å². The number of nitrogens with zero attached hydrogens (tertiary/aromatic N) is 3. The molecule has 0 amide bonds. The van der Waals surface area contributed by atoms with Crippen LogP contribution in [0.5, 0.6) is 0 Å². The number of esters is 1. The molecule has 1 aromatic heterocycles. The van der Waals surface area contributed by atoms with Crippen LogP contribution in [0, 0.1) is 22.0 Å². The fraction of sp³-hybridized carbons (Fsp3) is 0.438. The number of allylic oxidation sites excluding steroid dienone is 1. The molecule has 25 heavy (non-hydrogen) atoms. The van der Waals surface area contributed by atoms with Gasteiger partial charge in [0.25, 0.3) is 0 Å². The Balaban J connectivity index is 1.34. The van der Waals surface area contributed by atoms with Gasteiger partial charge in [-0.1, -0.05) is 12.2 Å². The molecule has 4 rings (SSSR count). The van der Waals surface area contributed by atoms with Crippen LogP contribution in [0.15, 0.2) is 28.9 Å². The molecule has 1 heterocycles. The molecule has 1 saturated carbocycles. The molecule has 2 aliphatic rings. The van der Waals surface area contributed by atoms with Crippen molar-refractivity contribution in [1.29, 1.82) is 0 Å². The Morgan fingerprint density at radius 2 is 2.16 bits per heavy atom. The second-order valence-corrected chi connectivity index (χ2v) is 6.34. The van der Waals surface area contributed by atoms with E-state index in [0.29, 0.717) is 24.1 Å². The first kappa shape index (κ1) is 15.6. The number of benzene rings is 1. The molecule has 0 spiro atoms. The summed E-state index contributed by atoms with van der Waals surface area (Å²) < 4.78 is 10.1. The predicted octanol–water partition coefficient (Wildman–Crippen LogP) is 2.44. The van der Waals surface area contributed by atoms with Crippen LogP contribution in [-0.4, -0.2) is 33.9 Å². The highest BCUT2D eigenvalue weighted by atomic mass is 16.6. The lowest BCUT2D eigenvalue weighted by molar-refractivity contribution is -0.383. The number of aromatic nitrogens is 2. The van der Waals surface area contributed by atoms with Gasteiger partial charge in [-0.3, -0.25) is 14.9 Å². The molecule has 130 valence electrons. The van der Waals surface area contributed by atoms with E-state index < -0.39 is 4.92 Å². The number of hydrogen-bond donors (Lipinski definition) is 1. The number of carbonyl (C=O) groups is 1. The molecule has 3 unspecified atom stereocenters. The molecular weight excluding hydrogens is 328 g/mol. The van der Waals surface area contributed by atoms with Gasteiger partial charge in [-0.05, 0) is 35.1 Å². The summed E-state index contributed by atoms with van der Waals surface area (Å²) in [5.74, 6) is 0.654. The highest BCUT2D eigenvalue weighted by molar-refractivity contribution is 5.93. The number of non-ortho nitro benzene ring substituents is 1. The number of carbonyl (C=O) groups excluding carboxylic acids is 1. The summed E-state index contributed by atoms with van der Waals surface area (Å²) in [6.45, 7) is 0.329. The molecule has 3 atom stereocenters. The highest BCUT2D eigenvalue weighted by Gasteiger charge is 2.37. The first-order valence-corrected chi connectivity index (χ1v) is 8.13. The van der Waals surface area contributed by atoms with Crippen molar-refractivity contribution in [2.24, 2.45) is 11.8 Å². The minimum Gasteiger partial charge on any atom is -0.462 e. The molecule has 9 nitrogen and oxygen atoms in total. The van der Waals surface area contributed by atoms with Crippen molar-refractivity contribution in [2.45, 2.75) is 25.4 Å². The Morgan fingerprint density at radius 1 is 1.32 bits per heavy atom. The Morgan fingerprint density at radius 3 is 2.88 bits per heavy atom. The zero-order valence-corrected chi connectivity index (χ0v) is 13.3. The lowest BCUT2D eigenvalue weighted by atomic mass is 10.0. The summed E-state index contributed by atoms with van der Waals surface area (Å²) in [5.41, 5.74) is 0.690. The predicted molar refractivity (Wildman–Crippen MR) is 86.8 cm³/mol. The molecule has 0 radical (unpaired) electrons.